The van der Waals surface area contributed by atoms with Crippen molar-refractivity contribution in [3.63, 3.8) is 0 Å². The van der Waals surface area contributed by atoms with E-state index in [-0.39, 0.29) is 11.3 Å². The highest BCUT2D eigenvalue weighted by Gasteiger charge is 2.50. The summed E-state index contributed by atoms with van der Waals surface area (Å²) < 4.78 is 4.95. The normalized spacial score (nSPS) is 32.1. The summed E-state index contributed by atoms with van der Waals surface area (Å²) in [6.45, 7) is 10.1. The lowest BCUT2D eigenvalue weighted by molar-refractivity contribution is -0.170. The highest BCUT2D eigenvalue weighted by atomic mass is 16.5. The molecule has 0 aromatic carbocycles. The largest absolute Gasteiger partial charge is 0.464 e. The van der Waals surface area contributed by atoms with Crippen LogP contribution in [0, 0.1) is 17.3 Å². The van der Waals surface area contributed by atoms with Crippen LogP contribution in [0.4, 0.5) is 0 Å². The van der Waals surface area contributed by atoms with Crippen molar-refractivity contribution in [2.45, 2.75) is 53.1 Å². The molecule has 1 aliphatic rings. The van der Waals surface area contributed by atoms with Gasteiger partial charge in [0.05, 0.1) is 6.61 Å². The fourth-order valence-electron chi connectivity index (χ4n) is 3.08. The molecule has 0 heterocycles. The van der Waals surface area contributed by atoms with Gasteiger partial charge in [-0.05, 0) is 38.0 Å². The maximum atomic E-state index is 11.7. The van der Waals surface area contributed by atoms with Gasteiger partial charge in [0.15, 0.2) is 5.60 Å². The van der Waals surface area contributed by atoms with Crippen molar-refractivity contribution in [2.75, 3.05) is 6.61 Å². The maximum Gasteiger partial charge on any atom is 0.338 e. The standard InChI is InChI=1S/C13H24O3/c1-6-16-11(14)13(5,15)10-8-12(3,4)7-9(10)2/h9-10,15H,6-8H2,1-5H3. The summed E-state index contributed by atoms with van der Waals surface area (Å²) in [4.78, 5) is 11.7. The average molecular weight is 228 g/mol. The van der Waals surface area contributed by atoms with Gasteiger partial charge in [-0.3, -0.25) is 0 Å². The van der Waals surface area contributed by atoms with E-state index >= 15 is 0 Å². The van der Waals surface area contributed by atoms with Crippen LogP contribution in [0.15, 0.2) is 0 Å². The Kier molecular flexibility index (Phi) is 3.68. The van der Waals surface area contributed by atoms with Gasteiger partial charge >= 0.3 is 5.97 Å². The third kappa shape index (κ3) is 2.57. The summed E-state index contributed by atoms with van der Waals surface area (Å²) in [5, 5.41) is 10.3. The Morgan fingerprint density at radius 1 is 1.50 bits per heavy atom. The number of ether oxygens (including phenoxy) is 1. The molecule has 0 aliphatic heterocycles. The number of esters is 1. The van der Waals surface area contributed by atoms with E-state index in [1.54, 1.807) is 13.8 Å². The van der Waals surface area contributed by atoms with Crippen LogP contribution in [0.1, 0.15) is 47.5 Å². The Balaban J connectivity index is 2.80. The minimum absolute atomic E-state index is 0.00144. The summed E-state index contributed by atoms with van der Waals surface area (Å²) in [6, 6.07) is 0. The zero-order chi connectivity index (χ0) is 12.6. The lowest BCUT2D eigenvalue weighted by atomic mass is 9.81. The summed E-state index contributed by atoms with van der Waals surface area (Å²) >= 11 is 0. The smallest absolute Gasteiger partial charge is 0.338 e. The van der Waals surface area contributed by atoms with Crippen LogP contribution < -0.4 is 0 Å². The zero-order valence-corrected chi connectivity index (χ0v) is 11.0. The molecule has 0 aromatic heterocycles. The summed E-state index contributed by atoms with van der Waals surface area (Å²) in [6.07, 6.45) is 1.92. The van der Waals surface area contributed by atoms with Crippen molar-refractivity contribution < 1.29 is 14.6 Å². The first-order valence-corrected chi connectivity index (χ1v) is 6.10. The molecular weight excluding hydrogens is 204 g/mol. The second kappa shape index (κ2) is 4.36. The number of hydrogen-bond donors (Lipinski definition) is 1. The Morgan fingerprint density at radius 2 is 2.06 bits per heavy atom. The molecule has 1 aliphatic carbocycles. The summed E-state index contributed by atoms with van der Waals surface area (Å²) in [7, 11) is 0. The second-order valence-corrected chi connectivity index (χ2v) is 6.02. The number of rotatable bonds is 3. The van der Waals surface area contributed by atoms with Gasteiger partial charge < -0.3 is 9.84 Å². The van der Waals surface area contributed by atoms with E-state index in [0.717, 1.165) is 12.8 Å². The molecule has 3 heteroatoms. The molecule has 1 saturated carbocycles. The third-order valence-corrected chi connectivity index (χ3v) is 3.74. The Morgan fingerprint density at radius 3 is 2.44 bits per heavy atom. The van der Waals surface area contributed by atoms with E-state index in [4.69, 9.17) is 4.74 Å². The van der Waals surface area contributed by atoms with Crippen LogP contribution >= 0.6 is 0 Å². The second-order valence-electron chi connectivity index (χ2n) is 6.02. The van der Waals surface area contributed by atoms with Crippen LogP contribution in [-0.2, 0) is 9.53 Å². The van der Waals surface area contributed by atoms with Gasteiger partial charge in [-0.1, -0.05) is 20.8 Å². The van der Waals surface area contributed by atoms with Crippen LogP contribution in [0.5, 0.6) is 0 Å². The van der Waals surface area contributed by atoms with Gasteiger partial charge in [0, 0.05) is 5.92 Å². The zero-order valence-electron chi connectivity index (χ0n) is 11.0. The van der Waals surface area contributed by atoms with Crippen molar-refractivity contribution in [1.82, 2.24) is 0 Å². The first kappa shape index (κ1) is 13.5. The molecule has 16 heavy (non-hydrogen) atoms. The van der Waals surface area contributed by atoms with Crippen LogP contribution in [0.3, 0.4) is 0 Å². The average Bonchev–Trinajstić information content (AvgIpc) is 2.40. The van der Waals surface area contributed by atoms with Gasteiger partial charge in [0.25, 0.3) is 0 Å². The van der Waals surface area contributed by atoms with Gasteiger partial charge in [0.2, 0.25) is 0 Å². The highest BCUT2D eigenvalue weighted by Crippen LogP contribution is 2.49. The van der Waals surface area contributed by atoms with E-state index < -0.39 is 11.6 Å². The third-order valence-electron chi connectivity index (χ3n) is 3.74. The fraction of sp³-hybridized carbons (Fsp3) is 0.923. The van der Waals surface area contributed by atoms with E-state index in [1.807, 2.05) is 0 Å². The molecule has 0 saturated heterocycles. The van der Waals surface area contributed by atoms with E-state index in [0.29, 0.717) is 12.5 Å². The van der Waals surface area contributed by atoms with Gasteiger partial charge in [-0.25, -0.2) is 4.79 Å². The van der Waals surface area contributed by atoms with Crippen molar-refractivity contribution >= 4 is 5.97 Å². The summed E-state index contributed by atoms with van der Waals surface area (Å²) in [5.41, 5.74) is -1.14. The molecule has 0 aromatic rings. The number of carbonyl (C=O) groups excluding carboxylic acids is 1. The van der Waals surface area contributed by atoms with Crippen molar-refractivity contribution in [3.05, 3.63) is 0 Å². The number of hydrogen-bond acceptors (Lipinski definition) is 3. The number of aliphatic hydroxyl groups is 1. The quantitative estimate of drug-likeness (QED) is 0.754. The minimum atomic E-state index is -1.34. The topological polar surface area (TPSA) is 46.5 Å². The van der Waals surface area contributed by atoms with Crippen molar-refractivity contribution in [2.24, 2.45) is 17.3 Å². The maximum absolute atomic E-state index is 11.7. The molecule has 1 rings (SSSR count). The Labute approximate surface area is 98.2 Å². The first-order chi connectivity index (χ1) is 7.20. The molecule has 1 fully saturated rings. The first-order valence-electron chi connectivity index (χ1n) is 6.10. The molecule has 3 atom stereocenters. The SMILES string of the molecule is CCOC(=O)C(C)(O)C1CC(C)(C)CC1C. The molecule has 3 unspecified atom stereocenters. The molecule has 0 spiro atoms. The van der Waals surface area contributed by atoms with Gasteiger partial charge in [-0.15, -0.1) is 0 Å². The van der Waals surface area contributed by atoms with Crippen molar-refractivity contribution in [3.8, 4) is 0 Å². The Hall–Kier alpha value is -0.570. The molecule has 94 valence electrons. The predicted molar refractivity (Wildman–Crippen MR) is 62.9 cm³/mol. The molecule has 0 amide bonds. The van der Waals surface area contributed by atoms with E-state index in [2.05, 4.69) is 20.8 Å². The summed E-state index contributed by atoms with van der Waals surface area (Å²) in [5.74, 6) is -0.125. The van der Waals surface area contributed by atoms with Gasteiger partial charge in [0.1, 0.15) is 0 Å². The molecular formula is C13H24O3. The minimum Gasteiger partial charge on any atom is -0.464 e. The van der Waals surface area contributed by atoms with Crippen molar-refractivity contribution in [1.29, 1.82) is 0 Å². The monoisotopic (exact) mass is 228 g/mol. The number of carbonyl (C=O) groups is 1. The van der Waals surface area contributed by atoms with E-state index in [9.17, 15) is 9.90 Å². The highest BCUT2D eigenvalue weighted by molar-refractivity contribution is 5.79. The molecule has 1 N–H and O–H groups in total. The van der Waals surface area contributed by atoms with Crippen LogP contribution in [0.25, 0.3) is 0 Å². The molecule has 0 bridgehead atoms. The van der Waals surface area contributed by atoms with Gasteiger partial charge in [-0.2, -0.15) is 0 Å². The lowest BCUT2D eigenvalue weighted by Gasteiger charge is -2.31. The predicted octanol–water partition coefficient (Wildman–Crippen LogP) is 2.37. The van der Waals surface area contributed by atoms with Crippen LogP contribution in [-0.4, -0.2) is 23.3 Å². The Bertz CT molecular complexity index is 268. The van der Waals surface area contributed by atoms with Crippen LogP contribution in [0.2, 0.25) is 0 Å². The fourth-order valence-corrected chi connectivity index (χ4v) is 3.08. The molecule has 0 radical (unpaired) electrons. The van der Waals surface area contributed by atoms with E-state index in [1.165, 1.54) is 0 Å². The molecule has 3 nitrogen and oxygen atoms in total. The lowest BCUT2D eigenvalue weighted by Crippen LogP contribution is -2.45.